The number of hydrogen-bond acceptors (Lipinski definition) is 4. The Morgan fingerprint density at radius 1 is 0.970 bits per heavy atom. The molecule has 0 fully saturated rings. The summed E-state index contributed by atoms with van der Waals surface area (Å²) in [5, 5.41) is 7.34. The average molecular weight is 444 g/mol. The third-order valence-electron chi connectivity index (χ3n) is 6.05. The van der Waals surface area contributed by atoms with Crippen molar-refractivity contribution in [3.05, 3.63) is 87.9 Å². The molecule has 2 N–H and O–H groups in total. The van der Waals surface area contributed by atoms with Gasteiger partial charge in [0.15, 0.2) is 5.76 Å². The van der Waals surface area contributed by atoms with E-state index in [0.29, 0.717) is 17.9 Å². The van der Waals surface area contributed by atoms with Crippen molar-refractivity contribution in [3.63, 3.8) is 0 Å². The molecule has 0 radical (unpaired) electrons. The molecule has 6 nitrogen and oxygen atoms in total. The van der Waals surface area contributed by atoms with Crippen LogP contribution in [0.2, 0.25) is 0 Å². The van der Waals surface area contributed by atoms with Crippen LogP contribution in [0.25, 0.3) is 0 Å². The summed E-state index contributed by atoms with van der Waals surface area (Å²) in [6.07, 6.45) is 2.28. The lowest BCUT2D eigenvalue weighted by molar-refractivity contribution is 0.0953. The molecule has 0 saturated carbocycles. The number of carbonyl (C=O) groups excluding carboxylic acids is 2. The zero-order valence-electron chi connectivity index (χ0n) is 19.5. The predicted octanol–water partition coefficient (Wildman–Crippen LogP) is 5.74. The summed E-state index contributed by atoms with van der Waals surface area (Å²) in [5.41, 5.74) is 8.39. The molecule has 170 valence electrons. The SMILES string of the molecule is Cc1ccccc1C(=O)N/N=C1\CCCc2oc(C(=O)Nc3ccc(C(C)C)cc3)c(C)c21. The highest BCUT2D eigenvalue weighted by Crippen LogP contribution is 2.30. The second-order valence-corrected chi connectivity index (χ2v) is 8.75. The standard InChI is InChI=1S/C27H29N3O3/c1-16(2)19-12-14-20(15-13-19)28-27(32)25-18(4)24-22(10-7-11-23(24)33-25)29-30-26(31)21-9-6-5-8-17(21)3/h5-6,8-9,12-16H,7,10-11H2,1-4H3,(H,28,32)(H,30,31)/b29-22+. The van der Waals surface area contributed by atoms with Crippen molar-refractivity contribution >= 4 is 23.2 Å². The Morgan fingerprint density at radius 2 is 1.70 bits per heavy atom. The normalized spacial score (nSPS) is 14.3. The van der Waals surface area contributed by atoms with Crippen molar-refractivity contribution in [1.29, 1.82) is 0 Å². The summed E-state index contributed by atoms with van der Waals surface area (Å²) in [6.45, 7) is 8.02. The molecule has 2 aromatic carbocycles. The van der Waals surface area contributed by atoms with Gasteiger partial charge in [-0.1, -0.05) is 44.2 Å². The highest BCUT2D eigenvalue weighted by Gasteiger charge is 2.28. The number of carbonyl (C=O) groups is 2. The van der Waals surface area contributed by atoms with Gasteiger partial charge in [-0.3, -0.25) is 9.59 Å². The lowest BCUT2D eigenvalue weighted by Crippen LogP contribution is -2.22. The largest absolute Gasteiger partial charge is 0.455 e. The Morgan fingerprint density at radius 3 is 2.39 bits per heavy atom. The molecular weight excluding hydrogens is 414 g/mol. The molecule has 0 atom stereocenters. The van der Waals surface area contributed by atoms with Gasteiger partial charge in [0, 0.05) is 28.8 Å². The van der Waals surface area contributed by atoms with Gasteiger partial charge in [0.05, 0.1) is 5.71 Å². The van der Waals surface area contributed by atoms with Gasteiger partial charge < -0.3 is 9.73 Å². The van der Waals surface area contributed by atoms with E-state index in [4.69, 9.17) is 4.42 Å². The summed E-state index contributed by atoms with van der Waals surface area (Å²) in [6, 6.07) is 15.2. The number of amides is 2. The van der Waals surface area contributed by atoms with E-state index in [2.05, 4.69) is 29.7 Å². The molecule has 0 unspecified atom stereocenters. The van der Waals surface area contributed by atoms with Crippen molar-refractivity contribution in [2.45, 2.75) is 52.9 Å². The maximum atomic E-state index is 13.0. The fraction of sp³-hybridized carbons (Fsp3) is 0.296. The zero-order chi connectivity index (χ0) is 23.5. The van der Waals surface area contributed by atoms with Gasteiger partial charge in [0.2, 0.25) is 0 Å². The van der Waals surface area contributed by atoms with Gasteiger partial charge in [0.1, 0.15) is 5.76 Å². The third-order valence-corrected chi connectivity index (χ3v) is 6.05. The Labute approximate surface area is 194 Å². The monoisotopic (exact) mass is 443 g/mol. The highest BCUT2D eigenvalue weighted by atomic mass is 16.4. The van der Waals surface area contributed by atoms with Crippen LogP contribution >= 0.6 is 0 Å². The van der Waals surface area contributed by atoms with Crippen molar-refractivity contribution in [2.75, 3.05) is 5.32 Å². The quantitative estimate of drug-likeness (QED) is 0.493. The van der Waals surface area contributed by atoms with Gasteiger partial charge in [-0.25, -0.2) is 5.43 Å². The topological polar surface area (TPSA) is 83.7 Å². The van der Waals surface area contributed by atoms with Crippen molar-refractivity contribution in [1.82, 2.24) is 5.43 Å². The van der Waals surface area contributed by atoms with Crippen molar-refractivity contribution in [2.24, 2.45) is 5.10 Å². The summed E-state index contributed by atoms with van der Waals surface area (Å²) in [4.78, 5) is 25.5. The Hall–Kier alpha value is -3.67. The van der Waals surface area contributed by atoms with Gasteiger partial charge in [-0.2, -0.15) is 5.10 Å². The van der Waals surface area contributed by atoms with E-state index in [0.717, 1.165) is 46.7 Å². The smallest absolute Gasteiger partial charge is 0.291 e. The number of nitrogens with zero attached hydrogens (tertiary/aromatic N) is 1. The molecule has 0 bridgehead atoms. The lowest BCUT2D eigenvalue weighted by atomic mass is 9.93. The number of aryl methyl sites for hydroxylation is 2. The predicted molar refractivity (Wildman–Crippen MR) is 130 cm³/mol. The van der Waals surface area contributed by atoms with E-state index in [-0.39, 0.29) is 17.6 Å². The summed E-state index contributed by atoms with van der Waals surface area (Å²) < 4.78 is 5.97. The molecule has 1 aliphatic rings. The number of anilines is 1. The van der Waals surface area contributed by atoms with Crippen LogP contribution < -0.4 is 10.7 Å². The van der Waals surface area contributed by atoms with Crippen LogP contribution in [0.4, 0.5) is 5.69 Å². The minimum Gasteiger partial charge on any atom is -0.455 e. The van der Waals surface area contributed by atoms with Crippen LogP contribution in [0.5, 0.6) is 0 Å². The van der Waals surface area contributed by atoms with Gasteiger partial charge >= 0.3 is 0 Å². The minimum atomic E-state index is -0.289. The molecule has 1 heterocycles. The summed E-state index contributed by atoms with van der Waals surface area (Å²) >= 11 is 0. The van der Waals surface area contributed by atoms with Crippen LogP contribution in [0.15, 0.2) is 58.0 Å². The molecular formula is C27H29N3O3. The molecule has 1 aromatic heterocycles. The summed E-state index contributed by atoms with van der Waals surface area (Å²) in [7, 11) is 0. The Bertz CT molecular complexity index is 1220. The Kier molecular flexibility index (Phi) is 6.45. The molecule has 2 amide bonds. The fourth-order valence-electron chi connectivity index (χ4n) is 4.14. The van der Waals surface area contributed by atoms with Crippen LogP contribution in [0, 0.1) is 13.8 Å². The van der Waals surface area contributed by atoms with E-state index < -0.39 is 0 Å². The molecule has 0 aliphatic heterocycles. The van der Waals surface area contributed by atoms with E-state index in [1.54, 1.807) is 6.07 Å². The second-order valence-electron chi connectivity index (χ2n) is 8.75. The zero-order valence-corrected chi connectivity index (χ0v) is 19.5. The van der Waals surface area contributed by atoms with E-state index in [1.807, 2.05) is 56.3 Å². The first kappa shape index (κ1) is 22.5. The van der Waals surface area contributed by atoms with Gasteiger partial charge in [0.25, 0.3) is 11.8 Å². The van der Waals surface area contributed by atoms with E-state index in [9.17, 15) is 9.59 Å². The van der Waals surface area contributed by atoms with Crippen LogP contribution in [0.3, 0.4) is 0 Å². The molecule has 1 aliphatic carbocycles. The molecule has 0 saturated heterocycles. The van der Waals surface area contributed by atoms with Crippen LogP contribution in [0.1, 0.15) is 81.5 Å². The van der Waals surface area contributed by atoms with Crippen LogP contribution in [-0.4, -0.2) is 17.5 Å². The highest BCUT2D eigenvalue weighted by molar-refractivity contribution is 6.09. The minimum absolute atomic E-state index is 0.253. The third kappa shape index (κ3) is 4.75. The lowest BCUT2D eigenvalue weighted by Gasteiger charge is -2.13. The number of rotatable bonds is 5. The number of hydrogen-bond donors (Lipinski definition) is 2. The maximum absolute atomic E-state index is 13.0. The molecule has 3 aromatic rings. The van der Waals surface area contributed by atoms with Crippen molar-refractivity contribution in [3.8, 4) is 0 Å². The van der Waals surface area contributed by atoms with Gasteiger partial charge in [-0.15, -0.1) is 0 Å². The van der Waals surface area contributed by atoms with E-state index in [1.165, 1.54) is 5.56 Å². The molecule has 0 spiro atoms. The fourth-order valence-corrected chi connectivity index (χ4v) is 4.14. The first-order valence-corrected chi connectivity index (χ1v) is 11.3. The van der Waals surface area contributed by atoms with Crippen molar-refractivity contribution < 1.29 is 14.0 Å². The van der Waals surface area contributed by atoms with Gasteiger partial charge in [-0.05, 0) is 61.9 Å². The van der Waals surface area contributed by atoms with Crippen LogP contribution in [-0.2, 0) is 6.42 Å². The first-order valence-electron chi connectivity index (χ1n) is 11.3. The summed E-state index contributed by atoms with van der Waals surface area (Å²) in [5.74, 6) is 0.910. The molecule has 6 heteroatoms. The molecule has 33 heavy (non-hydrogen) atoms. The maximum Gasteiger partial charge on any atom is 0.291 e. The average Bonchev–Trinajstić information content (AvgIpc) is 3.15. The number of fused-ring (bicyclic) bond motifs is 1. The number of furan rings is 1. The van der Waals surface area contributed by atoms with E-state index >= 15 is 0 Å². The number of benzene rings is 2. The number of hydrazone groups is 1. The first-order chi connectivity index (χ1) is 15.8. The second kappa shape index (κ2) is 9.45. The molecule has 4 rings (SSSR count). The Balaban J connectivity index is 1.54. The number of nitrogens with one attached hydrogen (secondary N) is 2.